The molecule has 0 aromatic carbocycles. The molecule has 1 saturated heterocycles. The van der Waals surface area contributed by atoms with Crippen molar-refractivity contribution in [2.45, 2.75) is 33.1 Å². The fourth-order valence-electron chi connectivity index (χ4n) is 2.26. The Kier molecular flexibility index (Phi) is 5.52. The second-order valence-electron chi connectivity index (χ2n) is 4.89. The second-order valence-corrected chi connectivity index (χ2v) is 6.98. The smallest absolute Gasteiger partial charge is 0.311 e. The van der Waals surface area contributed by atoms with E-state index < -0.39 is 27.4 Å². The van der Waals surface area contributed by atoms with Crippen LogP contribution in [0.4, 0.5) is 0 Å². The molecule has 0 amide bonds. The first-order chi connectivity index (χ1) is 9.27. The second kappa shape index (κ2) is 6.53. The molecular formula is C12H21NO6S. The SMILES string of the molecule is CCOC(=O)CCS(=O)(=O)N1CCC(CC)(C(=O)O)C1. The molecule has 1 heterocycles. The fourth-order valence-corrected chi connectivity index (χ4v) is 3.76. The molecule has 1 atom stereocenters. The third-order valence-corrected chi connectivity index (χ3v) is 5.53. The number of sulfonamides is 1. The summed E-state index contributed by atoms with van der Waals surface area (Å²) >= 11 is 0. The van der Waals surface area contributed by atoms with E-state index in [1.54, 1.807) is 13.8 Å². The number of aliphatic carboxylic acids is 1. The lowest BCUT2D eigenvalue weighted by Crippen LogP contribution is -2.37. The molecular weight excluding hydrogens is 286 g/mol. The molecule has 8 heteroatoms. The summed E-state index contributed by atoms with van der Waals surface area (Å²) in [5, 5.41) is 9.24. The predicted molar refractivity (Wildman–Crippen MR) is 71.6 cm³/mol. The molecule has 7 nitrogen and oxygen atoms in total. The van der Waals surface area contributed by atoms with Crippen LogP contribution in [-0.2, 0) is 24.3 Å². The molecule has 0 radical (unpaired) electrons. The highest BCUT2D eigenvalue weighted by molar-refractivity contribution is 7.89. The van der Waals surface area contributed by atoms with Crippen LogP contribution in [0.15, 0.2) is 0 Å². The lowest BCUT2D eigenvalue weighted by molar-refractivity contribution is -0.148. The molecule has 0 aromatic rings. The number of nitrogens with zero attached hydrogens (tertiary/aromatic N) is 1. The lowest BCUT2D eigenvalue weighted by atomic mass is 9.85. The van der Waals surface area contributed by atoms with Crippen molar-refractivity contribution < 1.29 is 27.9 Å². The van der Waals surface area contributed by atoms with Crippen molar-refractivity contribution in [3.8, 4) is 0 Å². The van der Waals surface area contributed by atoms with Crippen molar-refractivity contribution in [1.82, 2.24) is 4.31 Å². The van der Waals surface area contributed by atoms with Gasteiger partial charge >= 0.3 is 11.9 Å². The minimum absolute atomic E-state index is 0.0238. The average Bonchev–Trinajstić information content (AvgIpc) is 2.83. The number of carbonyl (C=O) groups excluding carboxylic acids is 1. The van der Waals surface area contributed by atoms with Gasteiger partial charge in [0.2, 0.25) is 10.0 Å². The molecule has 1 rings (SSSR count). The first kappa shape index (κ1) is 16.9. The summed E-state index contributed by atoms with van der Waals surface area (Å²) in [6.45, 7) is 3.76. The quantitative estimate of drug-likeness (QED) is 0.686. The fraction of sp³-hybridized carbons (Fsp3) is 0.833. The molecule has 0 aromatic heterocycles. The van der Waals surface area contributed by atoms with Crippen LogP contribution in [0.1, 0.15) is 33.1 Å². The Morgan fingerprint density at radius 2 is 2.00 bits per heavy atom. The Labute approximate surface area is 118 Å². The molecule has 1 fully saturated rings. The topological polar surface area (TPSA) is 101 Å². The van der Waals surface area contributed by atoms with E-state index in [9.17, 15) is 23.1 Å². The van der Waals surface area contributed by atoms with E-state index in [0.29, 0.717) is 12.8 Å². The van der Waals surface area contributed by atoms with Crippen molar-refractivity contribution in [1.29, 1.82) is 0 Å². The minimum atomic E-state index is -3.62. The van der Waals surface area contributed by atoms with Crippen LogP contribution in [0.2, 0.25) is 0 Å². The van der Waals surface area contributed by atoms with Crippen LogP contribution in [-0.4, -0.2) is 55.2 Å². The first-order valence-corrected chi connectivity index (χ1v) is 8.25. The van der Waals surface area contributed by atoms with Gasteiger partial charge in [0.05, 0.1) is 24.2 Å². The molecule has 0 saturated carbocycles. The number of carboxylic acids is 1. The summed E-state index contributed by atoms with van der Waals surface area (Å²) in [6, 6.07) is 0. The van der Waals surface area contributed by atoms with Gasteiger partial charge in [0, 0.05) is 13.1 Å². The number of carboxylic acid groups (broad SMARTS) is 1. The third-order valence-electron chi connectivity index (χ3n) is 3.71. The van der Waals surface area contributed by atoms with Crippen molar-refractivity contribution in [2.75, 3.05) is 25.4 Å². The Hall–Kier alpha value is -1.15. The highest BCUT2D eigenvalue weighted by Crippen LogP contribution is 2.35. The normalized spacial score (nSPS) is 23.7. The summed E-state index contributed by atoms with van der Waals surface area (Å²) < 4.78 is 30.0. The predicted octanol–water partition coefficient (Wildman–Crippen LogP) is 0.456. The maximum absolute atomic E-state index is 12.1. The van der Waals surface area contributed by atoms with Crippen molar-refractivity contribution >= 4 is 22.0 Å². The van der Waals surface area contributed by atoms with Gasteiger partial charge in [-0.15, -0.1) is 0 Å². The highest BCUT2D eigenvalue weighted by atomic mass is 32.2. The molecule has 0 bridgehead atoms. The van der Waals surface area contributed by atoms with E-state index in [2.05, 4.69) is 4.74 Å². The molecule has 1 aliphatic heterocycles. The molecule has 1 N–H and O–H groups in total. The number of hydrogen-bond donors (Lipinski definition) is 1. The zero-order valence-electron chi connectivity index (χ0n) is 11.8. The summed E-state index contributed by atoms with van der Waals surface area (Å²) in [5.74, 6) is -1.87. The van der Waals surface area contributed by atoms with Crippen LogP contribution in [0.5, 0.6) is 0 Å². The number of ether oxygens (including phenoxy) is 1. The number of rotatable bonds is 7. The summed E-state index contributed by atoms with van der Waals surface area (Å²) in [6.07, 6.45) is 0.475. The first-order valence-electron chi connectivity index (χ1n) is 6.64. The molecule has 20 heavy (non-hydrogen) atoms. The van der Waals surface area contributed by atoms with E-state index >= 15 is 0 Å². The Bertz CT molecular complexity index is 474. The van der Waals surface area contributed by atoms with Crippen LogP contribution < -0.4 is 0 Å². The van der Waals surface area contributed by atoms with Gasteiger partial charge in [0.1, 0.15) is 0 Å². The summed E-state index contributed by atoms with van der Waals surface area (Å²) in [5.41, 5.74) is -1.00. The van der Waals surface area contributed by atoms with Gasteiger partial charge in [-0.2, -0.15) is 0 Å². The van der Waals surface area contributed by atoms with Crippen molar-refractivity contribution in [2.24, 2.45) is 5.41 Å². The van der Waals surface area contributed by atoms with Gasteiger partial charge in [-0.05, 0) is 19.8 Å². The van der Waals surface area contributed by atoms with Gasteiger partial charge in [0.25, 0.3) is 0 Å². The standard InChI is InChI=1S/C12H21NO6S/c1-3-12(11(15)16)6-7-13(9-12)20(17,18)8-5-10(14)19-4-2/h3-9H2,1-2H3,(H,15,16). The monoisotopic (exact) mass is 307 g/mol. The van der Waals surface area contributed by atoms with Gasteiger partial charge in [-0.1, -0.05) is 6.92 Å². The van der Waals surface area contributed by atoms with E-state index in [1.807, 2.05) is 0 Å². The zero-order valence-corrected chi connectivity index (χ0v) is 12.6. The maximum Gasteiger partial charge on any atom is 0.311 e. The summed E-state index contributed by atoms with van der Waals surface area (Å²) in [7, 11) is -3.62. The molecule has 0 aliphatic carbocycles. The van der Waals surface area contributed by atoms with E-state index in [4.69, 9.17) is 0 Å². The largest absolute Gasteiger partial charge is 0.481 e. The van der Waals surface area contributed by atoms with Crippen molar-refractivity contribution in [3.63, 3.8) is 0 Å². The summed E-state index contributed by atoms with van der Waals surface area (Å²) in [4.78, 5) is 22.5. The van der Waals surface area contributed by atoms with Gasteiger partial charge in [-0.25, -0.2) is 12.7 Å². The van der Waals surface area contributed by atoms with Gasteiger partial charge < -0.3 is 9.84 Å². The molecule has 1 aliphatic rings. The Morgan fingerprint density at radius 3 is 2.45 bits per heavy atom. The van der Waals surface area contributed by atoms with Crippen LogP contribution in [0.25, 0.3) is 0 Å². The van der Waals surface area contributed by atoms with E-state index in [-0.39, 0.29) is 31.9 Å². The van der Waals surface area contributed by atoms with Gasteiger partial charge in [0.15, 0.2) is 0 Å². The van der Waals surface area contributed by atoms with Crippen LogP contribution >= 0.6 is 0 Å². The molecule has 1 unspecified atom stereocenters. The van der Waals surface area contributed by atoms with Gasteiger partial charge in [-0.3, -0.25) is 9.59 Å². The Balaban J connectivity index is 2.67. The number of carbonyl (C=O) groups is 2. The Morgan fingerprint density at radius 1 is 1.35 bits per heavy atom. The average molecular weight is 307 g/mol. The highest BCUT2D eigenvalue weighted by Gasteiger charge is 2.46. The van der Waals surface area contributed by atoms with Crippen molar-refractivity contribution in [3.05, 3.63) is 0 Å². The lowest BCUT2D eigenvalue weighted by Gasteiger charge is -2.22. The number of esters is 1. The van der Waals surface area contributed by atoms with E-state index in [1.165, 1.54) is 4.31 Å². The molecule has 116 valence electrons. The van der Waals surface area contributed by atoms with Crippen LogP contribution in [0, 0.1) is 5.41 Å². The van der Waals surface area contributed by atoms with Crippen LogP contribution in [0.3, 0.4) is 0 Å². The maximum atomic E-state index is 12.1. The minimum Gasteiger partial charge on any atom is -0.481 e. The number of hydrogen-bond acceptors (Lipinski definition) is 5. The zero-order chi connectivity index (χ0) is 15.4. The molecule has 0 spiro atoms. The van der Waals surface area contributed by atoms with E-state index in [0.717, 1.165) is 0 Å². The third kappa shape index (κ3) is 3.69.